The predicted octanol–water partition coefficient (Wildman–Crippen LogP) is 3.62. The van der Waals surface area contributed by atoms with Crippen LogP contribution in [-0.2, 0) is 0 Å². The van der Waals surface area contributed by atoms with E-state index in [2.05, 4.69) is 42.6 Å². The molecule has 1 aromatic heterocycles. The molecule has 0 bridgehead atoms. The molecular weight excluding hydrogens is 198 g/mol. The first-order valence-electron chi connectivity index (χ1n) is 5.73. The molecule has 16 heavy (non-hydrogen) atoms. The van der Waals surface area contributed by atoms with Crippen LogP contribution in [0.15, 0.2) is 47.1 Å². The van der Waals surface area contributed by atoms with E-state index in [4.69, 9.17) is 4.42 Å². The monoisotopic (exact) mass is 213 g/mol. The molecule has 82 valence electrons. The van der Waals surface area contributed by atoms with Crippen LogP contribution >= 0.6 is 0 Å². The Morgan fingerprint density at radius 3 is 2.88 bits per heavy atom. The maximum atomic E-state index is 5.55. The molecule has 2 atom stereocenters. The van der Waals surface area contributed by atoms with Gasteiger partial charge >= 0.3 is 0 Å². The molecule has 0 saturated heterocycles. The number of fused-ring (bicyclic) bond motifs is 1. The van der Waals surface area contributed by atoms with E-state index >= 15 is 0 Å². The molecule has 0 fully saturated rings. The van der Waals surface area contributed by atoms with Crippen LogP contribution in [-0.4, -0.2) is 6.04 Å². The summed E-state index contributed by atoms with van der Waals surface area (Å²) in [7, 11) is 0. The Kier molecular flexibility index (Phi) is 2.21. The highest BCUT2D eigenvalue weighted by Crippen LogP contribution is 2.38. The van der Waals surface area contributed by atoms with Crippen molar-refractivity contribution in [3.05, 3.63) is 54.0 Å². The smallest absolute Gasteiger partial charge is 0.111 e. The molecule has 1 aromatic carbocycles. The van der Waals surface area contributed by atoms with Gasteiger partial charge in [0, 0.05) is 17.6 Å². The zero-order valence-corrected chi connectivity index (χ0v) is 9.31. The number of nitrogens with one attached hydrogen (secondary N) is 1. The summed E-state index contributed by atoms with van der Waals surface area (Å²) in [6, 6.07) is 13.0. The summed E-state index contributed by atoms with van der Waals surface area (Å²) in [5.74, 6) is 1.46. The SMILES string of the molecule is CC1CC(c2ccco2)c2ccccc2N1. The van der Waals surface area contributed by atoms with Gasteiger partial charge in [-0.2, -0.15) is 0 Å². The fourth-order valence-corrected chi connectivity index (χ4v) is 2.50. The third kappa shape index (κ3) is 1.51. The second-order valence-electron chi connectivity index (χ2n) is 4.44. The minimum Gasteiger partial charge on any atom is -0.469 e. The van der Waals surface area contributed by atoms with Crippen molar-refractivity contribution >= 4 is 5.69 Å². The fraction of sp³-hybridized carbons (Fsp3) is 0.286. The zero-order chi connectivity index (χ0) is 11.0. The van der Waals surface area contributed by atoms with Crippen LogP contribution in [0.4, 0.5) is 5.69 Å². The van der Waals surface area contributed by atoms with Gasteiger partial charge in [-0.3, -0.25) is 0 Å². The summed E-state index contributed by atoms with van der Waals surface area (Å²) in [6.45, 7) is 2.21. The average Bonchev–Trinajstić information content (AvgIpc) is 2.81. The minimum atomic E-state index is 0.391. The van der Waals surface area contributed by atoms with Gasteiger partial charge < -0.3 is 9.73 Å². The van der Waals surface area contributed by atoms with E-state index in [9.17, 15) is 0 Å². The summed E-state index contributed by atoms with van der Waals surface area (Å²) in [5, 5.41) is 3.51. The Bertz CT molecular complexity index is 475. The van der Waals surface area contributed by atoms with Crippen LogP contribution in [0.3, 0.4) is 0 Å². The molecule has 0 amide bonds. The van der Waals surface area contributed by atoms with Crippen molar-refractivity contribution < 1.29 is 4.42 Å². The molecule has 1 aliphatic rings. The second kappa shape index (κ2) is 3.71. The Balaban J connectivity index is 2.07. The van der Waals surface area contributed by atoms with E-state index in [0.29, 0.717) is 12.0 Å². The van der Waals surface area contributed by atoms with Gasteiger partial charge in [-0.15, -0.1) is 0 Å². The second-order valence-corrected chi connectivity index (χ2v) is 4.44. The number of para-hydroxylation sites is 1. The van der Waals surface area contributed by atoms with Crippen LogP contribution in [0.5, 0.6) is 0 Å². The highest BCUT2D eigenvalue weighted by molar-refractivity contribution is 5.57. The molecule has 1 aliphatic heterocycles. The molecule has 0 saturated carbocycles. The Morgan fingerprint density at radius 2 is 2.06 bits per heavy atom. The summed E-state index contributed by atoms with van der Waals surface area (Å²) >= 11 is 0. The van der Waals surface area contributed by atoms with Gasteiger partial charge in [0.15, 0.2) is 0 Å². The van der Waals surface area contributed by atoms with E-state index < -0.39 is 0 Å². The van der Waals surface area contributed by atoms with Gasteiger partial charge in [0.25, 0.3) is 0 Å². The minimum absolute atomic E-state index is 0.391. The summed E-state index contributed by atoms with van der Waals surface area (Å²) in [5.41, 5.74) is 2.58. The first-order valence-corrected chi connectivity index (χ1v) is 5.73. The van der Waals surface area contributed by atoms with Crippen LogP contribution in [0.2, 0.25) is 0 Å². The topological polar surface area (TPSA) is 25.2 Å². The van der Waals surface area contributed by atoms with Crippen molar-refractivity contribution in [1.82, 2.24) is 0 Å². The molecule has 0 spiro atoms. The van der Waals surface area contributed by atoms with Crippen LogP contribution in [0, 0.1) is 0 Å². The van der Waals surface area contributed by atoms with Gasteiger partial charge in [0.2, 0.25) is 0 Å². The first-order chi connectivity index (χ1) is 7.84. The van der Waals surface area contributed by atoms with Gasteiger partial charge in [-0.05, 0) is 37.1 Å². The molecule has 2 heteroatoms. The fourth-order valence-electron chi connectivity index (χ4n) is 2.50. The maximum absolute atomic E-state index is 5.55. The number of rotatable bonds is 1. The van der Waals surface area contributed by atoms with Crippen LogP contribution in [0.25, 0.3) is 0 Å². The molecule has 1 N–H and O–H groups in total. The molecule has 2 nitrogen and oxygen atoms in total. The normalized spacial score (nSPS) is 23.6. The van der Waals surface area contributed by atoms with E-state index in [0.717, 1.165) is 12.2 Å². The van der Waals surface area contributed by atoms with Crippen molar-refractivity contribution in [1.29, 1.82) is 0 Å². The number of hydrogen-bond acceptors (Lipinski definition) is 2. The summed E-state index contributed by atoms with van der Waals surface area (Å²) in [6.07, 6.45) is 2.84. The predicted molar refractivity (Wildman–Crippen MR) is 64.7 cm³/mol. The third-order valence-corrected chi connectivity index (χ3v) is 3.21. The molecule has 3 rings (SSSR count). The van der Waals surface area contributed by atoms with Gasteiger partial charge in [-0.1, -0.05) is 18.2 Å². The molecule has 0 radical (unpaired) electrons. The van der Waals surface area contributed by atoms with Crippen LogP contribution in [0.1, 0.15) is 30.6 Å². The Labute approximate surface area is 95.3 Å². The van der Waals surface area contributed by atoms with Crippen molar-refractivity contribution in [2.24, 2.45) is 0 Å². The van der Waals surface area contributed by atoms with Gasteiger partial charge in [0.1, 0.15) is 5.76 Å². The molecular formula is C14H15NO. The average molecular weight is 213 g/mol. The third-order valence-electron chi connectivity index (χ3n) is 3.21. The highest BCUT2D eigenvalue weighted by atomic mass is 16.3. The largest absolute Gasteiger partial charge is 0.469 e. The quantitative estimate of drug-likeness (QED) is 0.782. The zero-order valence-electron chi connectivity index (χ0n) is 9.31. The van der Waals surface area contributed by atoms with Gasteiger partial charge in [-0.25, -0.2) is 0 Å². The van der Waals surface area contributed by atoms with E-state index in [1.54, 1.807) is 6.26 Å². The summed E-state index contributed by atoms with van der Waals surface area (Å²) in [4.78, 5) is 0. The van der Waals surface area contributed by atoms with E-state index in [1.165, 1.54) is 11.3 Å². The Morgan fingerprint density at radius 1 is 1.19 bits per heavy atom. The number of benzene rings is 1. The van der Waals surface area contributed by atoms with Gasteiger partial charge in [0.05, 0.1) is 6.26 Å². The lowest BCUT2D eigenvalue weighted by atomic mass is 9.86. The standard InChI is InChI=1S/C14H15NO/c1-10-9-12(14-7-4-8-16-14)11-5-2-3-6-13(11)15-10/h2-8,10,12,15H,9H2,1H3. The van der Waals surface area contributed by atoms with Crippen LogP contribution < -0.4 is 5.32 Å². The lowest BCUT2D eigenvalue weighted by Gasteiger charge is -2.30. The molecule has 2 heterocycles. The van der Waals surface area contributed by atoms with Crippen molar-refractivity contribution in [2.75, 3.05) is 5.32 Å². The number of furan rings is 1. The van der Waals surface area contributed by atoms with Crippen molar-refractivity contribution in [2.45, 2.75) is 25.3 Å². The first kappa shape index (κ1) is 9.52. The van der Waals surface area contributed by atoms with Crippen molar-refractivity contribution in [3.63, 3.8) is 0 Å². The lowest BCUT2D eigenvalue weighted by Crippen LogP contribution is -2.25. The number of hydrogen-bond donors (Lipinski definition) is 1. The number of anilines is 1. The lowest BCUT2D eigenvalue weighted by molar-refractivity contribution is 0.458. The summed E-state index contributed by atoms with van der Waals surface area (Å²) < 4.78 is 5.55. The van der Waals surface area contributed by atoms with Crippen molar-refractivity contribution in [3.8, 4) is 0 Å². The molecule has 0 aliphatic carbocycles. The van der Waals surface area contributed by atoms with E-state index in [1.807, 2.05) is 6.07 Å². The van der Waals surface area contributed by atoms with E-state index in [-0.39, 0.29) is 0 Å². The molecule has 2 aromatic rings. The molecule has 2 unspecified atom stereocenters. The maximum Gasteiger partial charge on any atom is 0.111 e. The highest BCUT2D eigenvalue weighted by Gasteiger charge is 2.26. The Hall–Kier alpha value is -1.70.